The predicted molar refractivity (Wildman–Crippen MR) is 77.2 cm³/mol. The van der Waals surface area contributed by atoms with Crippen LogP contribution in [0.3, 0.4) is 0 Å². The second kappa shape index (κ2) is 6.37. The molecule has 0 spiro atoms. The molecule has 1 saturated heterocycles. The van der Waals surface area contributed by atoms with Crippen LogP contribution in [0.1, 0.15) is 30.4 Å². The van der Waals surface area contributed by atoms with Gasteiger partial charge in [-0.1, -0.05) is 24.3 Å². The zero-order valence-electron chi connectivity index (χ0n) is 11.6. The first-order valence-corrected chi connectivity index (χ1v) is 6.84. The standard InChI is InChI=1S/C16H19NO3/c1-12-5-2-3-6-13(12)8-9-15(18)17-10-4-7-14(17)11-16(19)20/h2-3,5-6,8-9,14H,4,7,10-11H2,1H3,(H,19,20). The Morgan fingerprint density at radius 2 is 2.15 bits per heavy atom. The third kappa shape index (κ3) is 3.47. The van der Waals surface area contributed by atoms with Crippen LogP contribution in [0.5, 0.6) is 0 Å². The third-order valence-corrected chi connectivity index (χ3v) is 3.66. The number of nitrogens with zero attached hydrogens (tertiary/aromatic N) is 1. The fraction of sp³-hybridized carbons (Fsp3) is 0.375. The van der Waals surface area contributed by atoms with Crippen LogP contribution in [0.15, 0.2) is 30.3 Å². The SMILES string of the molecule is Cc1ccccc1C=CC(=O)N1CCCC1CC(=O)O. The van der Waals surface area contributed by atoms with Crippen LogP contribution >= 0.6 is 0 Å². The number of aryl methyl sites for hydroxylation is 1. The fourth-order valence-electron chi connectivity index (χ4n) is 2.57. The number of likely N-dealkylation sites (tertiary alicyclic amines) is 1. The van der Waals surface area contributed by atoms with Crippen molar-refractivity contribution in [1.29, 1.82) is 0 Å². The maximum atomic E-state index is 12.2. The Bertz CT molecular complexity index is 536. The summed E-state index contributed by atoms with van der Waals surface area (Å²) in [5.41, 5.74) is 2.12. The quantitative estimate of drug-likeness (QED) is 0.857. The Morgan fingerprint density at radius 1 is 1.40 bits per heavy atom. The van der Waals surface area contributed by atoms with Gasteiger partial charge in [0.05, 0.1) is 6.42 Å². The summed E-state index contributed by atoms with van der Waals surface area (Å²) in [6.45, 7) is 2.64. The van der Waals surface area contributed by atoms with Crippen LogP contribution in [0.4, 0.5) is 0 Å². The number of carboxylic acids is 1. The number of rotatable bonds is 4. The normalized spacial score (nSPS) is 18.6. The Morgan fingerprint density at radius 3 is 2.85 bits per heavy atom. The van der Waals surface area contributed by atoms with Gasteiger partial charge in [0, 0.05) is 18.7 Å². The molecule has 1 amide bonds. The lowest BCUT2D eigenvalue weighted by molar-refractivity contribution is -0.139. The van der Waals surface area contributed by atoms with Crippen molar-refractivity contribution in [3.63, 3.8) is 0 Å². The zero-order chi connectivity index (χ0) is 14.5. The van der Waals surface area contributed by atoms with Crippen molar-refractivity contribution < 1.29 is 14.7 Å². The van der Waals surface area contributed by atoms with Gasteiger partial charge in [0.2, 0.25) is 5.91 Å². The maximum Gasteiger partial charge on any atom is 0.305 e. The van der Waals surface area contributed by atoms with Crippen LogP contribution in [0.2, 0.25) is 0 Å². The van der Waals surface area contributed by atoms with E-state index in [2.05, 4.69) is 0 Å². The van der Waals surface area contributed by atoms with Gasteiger partial charge in [0.15, 0.2) is 0 Å². The van der Waals surface area contributed by atoms with Crippen molar-refractivity contribution in [3.8, 4) is 0 Å². The molecule has 1 atom stereocenters. The Hall–Kier alpha value is -2.10. The lowest BCUT2D eigenvalue weighted by Gasteiger charge is -2.21. The number of hydrogen-bond donors (Lipinski definition) is 1. The first kappa shape index (κ1) is 14.3. The molecule has 1 aliphatic heterocycles. The number of aliphatic carboxylic acids is 1. The summed E-state index contributed by atoms with van der Waals surface area (Å²) in [6, 6.07) is 7.67. The van der Waals surface area contributed by atoms with Crippen molar-refractivity contribution in [1.82, 2.24) is 4.90 Å². The Labute approximate surface area is 118 Å². The minimum absolute atomic E-state index is 0.0317. The first-order chi connectivity index (χ1) is 9.58. The molecule has 0 saturated carbocycles. The first-order valence-electron chi connectivity index (χ1n) is 6.84. The van der Waals surface area contributed by atoms with Crippen molar-refractivity contribution in [2.24, 2.45) is 0 Å². The molecule has 1 aromatic carbocycles. The van der Waals surface area contributed by atoms with Crippen LogP contribution in [0.25, 0.3) is 6.08 Å². The second-order valence-corrected chi connectivity index (χ2v) is 5.12. The molecule has 0 aromatic heterocycles. The molecule has 1 aliphatic rings. The molecule has 1 unspecified atom stereocenters. The van der Waals surface area contributed by atoms with Crippen molar-refractivity contribution >= 4 is 18.0 Å². The molecule has 1 aromatic rings. The summed E-state index contributed by atoms with van der Waals surface area (Å²) in [7, 11) is 0. The topological polar surface area (TPSA) is 57.6 Å². The summed E-state index contributed by atoms with van der Waals surface area (Å²) in [5.74, 6) is -0.949. The highest BCUT2D eigenvalue weighted by Crippen LogP contribution is 2.21. The van der Waals surface area contributed by atoms with Crippen molar-refractivity contribution in [3.05, 3.63) is 41.5 Å². The number of carboxylic acid groups (broad SMARTS) is 1. The van der Waals surface area contributed by atoms with Gasteiger partial charge in [-0.05, 0) is 37.0 Å². The van der Waals surface area contributed by atoms with Gasteiger partial charge in [0.1, 0.15) is 0 Å². The van der Waals surface area contributed by atoms with Gasteiger partial charge < -0.3 is 10.0 Å². The number of carbonyl (C=O) groups is 2. The molecule has 1 N–H and O–H groups in total. The van der Waals surface area contributed by atoms with E-state index in [9.17, 15) is 9.59 Å². The molecular formula is C16H19NO3. The average molecular weight is 273 g/mol. The molecule has 1 heterocycles. The monoisotopic (exact) mass is 273 g/mol. The number of carbonyl (C=O) groups excluding carboxylic acids is 1. The second-order valence-electron chi connectivity index (χ2n) is 5.12. The van der Waals surface area contributed by atoms with E-state index >= 15 is 0 Å². The Kier molecular flexibility index (Phi) is 4.56. The minimum atomic E-state index is -0.849. The number of hydrogen-bond acceptors (Lipinski definition) is 2. The van der Waals surface area contributed by atoms with E-state index in [1.54, 1.807) is 17.1 Å². The van der Waals surface area contributed by atoms with E-state index in [1.807, 2.05) is 31.2 Å². The van der Waals surface area contributed by atoms with Gasteiger partial charge in [-0.2, -0.15) is 0 Å². The van der Waals surface area contributed by atoms with E-state index < -0.39 is 5.97 Å². The molecular weight excluding hydrogens is 254 g/mol. The Balaban J connectivity index is 2.04. The van der Waals surface area contributed by atoms with E-state index in [-0.39, 0.29) is 18.4 Å². The molecule has 2 rings (SSSR count). The molecule has 0 bridgehead atoms. The molecule has 0 aliphatic carbocycles. The summed E-state index contributed by atoms with van der Waals surface area (Å²) in [4.78, 5) is 24.6. The van der Waals surface area contributed by atoms with E-state index in [0.717, 1.165) is 24.0 Å². The van der Waals surface area contributed by atoms with Gasteiger partial charge in [-0.3, -0.25) is 9.59 Å². The zero-order valence-corrected chi connectivity index (χ0v) is 11.6. The molecule has 4 nitrogen and oxygen atoms in total. The fourth-order valence-corrected chi connectivity index (χ4v) is 2.57. The van der Waals surface area contributed by atoms with Crippen LogP contribution in [0, 0.1) is 6.92 Å². The largest absolute Gasteiger partial charge is 0.481 e. The highest BCUT2D eigenvalue weighted by Gasteiger charge is 2.28. The van der Waals surface area contributed by atoms with Crippen LogP contribution in [-0.4, -0.2) is 34.5 Å². The van der Waals surface area contributed by atoms with Crippen molar-refractivity contribution in [2.75, 3.05) is 6.54 Å². The summed E-state index contributed by atoms with van der Waals surface area (Å²) < 4.78 is 0. The van der Waals surface area contributed by atoms with E-state index in [4.69, 9.17) is 5.11 Å². The van der Waals surface area contributed by atoms with Gasteiger partial charge in [-0.25, -0.2) is 0 Å². The third-order valence-electron chi connectivity index (χ3n) is 3.66. The van der Waals surface area contributed by atoms with Gasteiger partial charge in [0.25, 0.3) is 0 Å². The highest BCUT2D eigenvalue weighted by molar-refractivity contribution is 5.92. The average Bonchev–Trinajstić information content (AvgIpc) is 2.85. The highest BCUT2D eigenvalue weighted by atomic mass is 16.4. The number of benzene rings is 1. The van der Waals surface area contributed by atoms with Crippen LogP contribution < -0.4 is 0 Å². The summed E-state index contributed by atoms with van der Waals surface area (Å²) in [5, 5.41) is 8.86. The molecule has 4 heteroatoms. The maximum absolute atomic E-state index is 12.2. The molecule has 20 heavy (non-hydrogen) atoms. The lowest BCUT2D eigenvalue weighted by Crippen LogP contribution is -2.35. The van der Waals surface area contributed by atoms with Crippen LogP contribution in [-0.2, 0) is 9.59 Å². The van der Waals surface area contributed by atoms with Gasteiger partial charge in [-0.15, -0.1) is 0 Å². The summed E-state index contributed by atoms with van der Waals surface area (Å²) in [6.07, 6.45) is 5.03. The molecule has 106 valence electrons. The van der Waals surface area contributed by atoms with E-state index in [0.29, 0.717) is 6.54 Å². The van der Waals surface area contributed by atoms with Gasteiger partial charge >= 0.3 is 5.97 Å². The smallest absolute Gasteiger partial charge is 0.305 e. The molecule has 1 fully saturated rings. The lowest BCUT2D eigenvalue weighted by atomic mass is 10.1. The predicted octanol–water partition coefficient (Wildman–Crippen LogP) is 2.47. The number of amides is 1. The van der Waals surface area contributed by atoms with E-state index in [1.165, 1.54) is 0 Å². The molecule has 0 radical (unpaired) electrons. The van der Waals surface area contributed by atoms with Crippen molar-refractivity contribution in [2.45, 2.75) is 32.2 Å². The minimum Gasteiger partial charge on any atom is -0.481 e. The summed E-state index contributed by atoms with van der Waals surface area (Å²) >= 11 is 0.